The molecule has 0 bridgehead atoms. The molecule has 2 rings (SSSR count). The van der Waals surface area contributed by atoms with Crippen LogP contribution in [0, 0.1) is 0 Å². The molecule has 0 saturated heterocycles. The molecule has 0 aromatic carbocycles. The molecular formula is C14H18N4O2. The van der Waals surface area contributed by atoms with Crippen LogP contribution in [0.1, 0.15) is 17.2 Å². The smallest absolute Gasteiger partial charge is 0.212 e. The first-order chi connectivity index (χ1) is 9.76. The van der Waals surface area contributed by atoms with Crippen molar-refractivity contribution in [1.29, 1.82) is 0 Å². The lowest BCUT2D eigenvalue weighted by atomic mass is 10.0. The fourth-order valence-corrected chi connectivity index (χ4v) is 1.90. The number of hydrogen-bond donors (Lipinski definition) is 2. The van der Waals surface area contributed by atoms with Gasteiger partial charge >= 0.3 is 0 Å². The van der Waals surface area contributed by atoms with Crippen molar-refractivity contribution in [3.05, 3.63) is 47.9 Å². The molecule has 3 N–H and O–H groups in total. The summed E-state index contributed by atoms with van der Waals surface area (Å²) in [6.45, 7) is 0. The maximum absolute atomic E-state index is 5.64. The zero-order valence-electron chi connectivity index (χ0n) is 11.5. The molecule has 0 spiro atoms. The summed E-state index contributed by atoms with van der Waals surface area (Å²) in [5.41, 5.74) is 4.81. The van der Waals surface area contributed by atoms with Gasteiger partial charge in [-0.3, -0.25) is 16.3 Å². The Balaban J connectivity index is 2.14. The number of hydrazine groups is 1. The van der Waals surface area contributed by atoms with E-state index in [1.165, 1.54) is 0 Å². The molecule has 20 heavy (non-hydrogen) atoms. The van der Waals surface area contributed by atoms with E-state index in [2.05, 4.69) is 15.4 Å². The third-order valence-electron chi connectivity index (χ3n) is 3.02. The predicted molar refractivity (Wildman–Crippen MR) is 75.3 cm³/mol. The molecule has 106 valence electrons. The highest BCUT2D eigenvalue weighted by atomic mass is 16.5. The van der Waals surface area contributed by atoms with E-state index < -0.39 is 0 Å². The van der Waals surface area contributed by atoms with Crippen molar-refractivity contribution in [1.82, 2.24) is 15.4 Å². The summed E-state index contributed by atoms with van der Waals surface area (Å²) in [6.07, 6.45) is 5.90. The van der Waals surface area contributed by atoms with E-state index in [1.807, 2.05) is 18.2 Å². The summed E-state index contributed by atoms with van der Waals surface area (Å²) in [7, 11) is 3.20. The fourth-order valence-electron chi connectivity index (χ4n) is 1.90. The Kier molecular flexibility index (Phi) is 4.86. The molecule has 0 amide bonds. The molecule has 1 atom stereocenters. The molecule has 0 aliphatic carbocycles. The second kappa shape index (κ2) is 6.83. The van der Waals surface area contributed by atoms with Crippen LogP contribution in [0.4, 0.5) is 0 Å². The Labute approximate surface area is 117 Å². The molecular weight excluding hydrogens is 256 g/mol. The molecule has 2 aromatic rings. The molecule has 0 aliphatic rings. The number of aromatic nitrogens is 2. The van der Waals surface area contributed by atoms with Crippen LogP contribution in [0.2, 0.25) is 0 Å². The van der Waals surface area contributed by atoms with E-state index in [9.17, 15) is 0 Å². The van der Waals surface area contributed by atoms with Crippen LogP contribution in [-0.4, -0.2) is 24.2 Å². The van der Waals surface area contributed by atoms with Crippen molar-refractivity contribution in [3.8, 4) is 11.6 Å². The summed E-state index contributed by atoms with van der Waals surface area (Å²) in [4.78, 5) is 8.32. The minimum atomic E-state index is -0.0622. The van der Waals surface area contributed by atoms with Crippen LogP contribution in [0.3, 0.4) is 0 Å². The third-order valence-corrected chi connectivity index (χ3v) is 3.02. The Morgan fingerprint density at radius 2 is 2.05 bits per heavy atom. The zero-order chi connectivity index (χ0) is 14.4. The summed E-state index contributed by atoms with van der Waals surface area (Å²) < 4.78 is 10.2. The van der Waals surface area contributed by atoms with Crippen LogP contribution < -0.4 is 20.7 Å². The van der Waals surface area contributed by atoms with Gasteiger partial charge in [0.25, 0.3) is 0 Å². The molecule has 0 saturated carbocycles. The number of nitrogens with zero attached hydrogens (tertiary/aromatic N) is 2. The van der Waals surface area contributed by atoms with Crippen molar-refractivity contribution in [3.63, 3.8) is 0 Å². The monoisotopic (exact) mass is 274 g/mol. The number of ether oxygens (including phenoxy) is 2. The number of nitrogens with one attached hydrogen (secondary N) is 1. The standard InChI is InChI=1S/C14H18N4O2/c1-19-12-6-11(8-16-9-12)13(18-15)5-10-3-4-14(20-2)17-7-10/h3-4,6-9,13,18H,5,15H2,1-2H3. The fraction of sp³-hybridized carbons (Fsp3) is 0.286. The second-order valence-corrected chi connectivity index (χ2v) is 4.29. The minimum absolute atomic E-state index is 0.0622. The van der Waals surface area contributed by atoms with Crippen LogP contribution >= 0.6 is 0 Å². The quantitative estimate of drug-likeness (QED) is 0.609. The number of hydrogen-bond acceptors (Lipinski definition) is 6. The average molecular weight is 274 g/mol. The summed E-state index contributed by atoms with van der Waals surface area (Å²) in [5.74, 6) is 6.93. The molecule has 0 aliphatic heterocycles. The van der Waals surface area contributed by atoms with Crippen molar-refractivity contribution in [2.24, 2.45) is 5.84 Å². The van der Waals surface area contributed by atoms with Gasteiger partial charge in [0.05, 0.1) is 26.5 Å². The summed E-state index contributed by atoms with van der Waals surface area (Å²) >= 11 is 0. The van der Waals surface area contributed by atoms with Crippen LogP contribution in [-0.2, 0) is 6.42 Å². The Hall–Kier alpha value is -2.18. The van der Waals surface area contributed by atoms with E-state index >= 15 is 0 Å². The van der Waals surface area contributed by atoms with Crippen molar-refractivity contribution in [2.75, 3.05) is 14.2 Å². The third kappa shape index (κ3) is 3.43. The number of rotatable bonds is 6. The molecule has 2 aromatic heterocycles. The highest BCUT2D eigenvalue weighted by Gasteiger charge is 2.12. The SMILES string of the molecule is COc1cncc(C(Cc2ccc(OC)nc2)NN)c1. The molecule has 1 unspecified atom stereocenters. The number of nitrogens with two attached hydrogens (primary N) is 1. The van der Waals surface area contributed by atoms with Crippen LogP contribution in [0.15, 0.2) is 36.8 Å². The average Bonchev–Trinajstić information content (AvgIpc) is 2.53. The molecule has 0 radical (unpaired) electrons. The highest BCUT2D eigenvalue weighted by molar-refractivity contribution is 5.28. The van der Waals surface area contributed by atoms with Gasteiger partial charge in [-0.25, -0.2) is 4.98 Å². The zero-order valence-corrected chi connectivity index (χ0v) is 11.5. The Morgan fingerprint density at radius 1 is 1.20 bits per heavy atom. The molecule has 6 nitrogen and oxygen atoms in total. The van der Waals surface area contributed by atoms with Crippen molar-refractivity contribution >= 4 is 0 Å². The van der Waals surface area contributed by atoms with Crippen LogP contribution in [0.25, 0.3) is 0 Å². The van der Waals surface area contributed by atoms with E-state index in [-0.39, 0.29) is 6.04 Å². The predicted octanol–water partition coefficient (Wildman–Crippen LogP) is 1.24. The lowest BCUT2D eigenvalue weighted by Crippen LogP contribution is -2.29. The maximum atomic E-state index is 5.64. The number of pyridine rings is 2. The summed E-state index contributed by atoms with van der Waals surface area (Å²) in [5, 5.41) is 0. The van der Waals surface area contributed by atoms with Gasteiger partial charge in [0.1, 0.15) is 5.75 Å². The van der Waals surface area contributed by atoms with Gasteiger partial charge < -0.3 is 9.47 Å². The van der Waals surface area contributed by atoms with Gasteiger partial charge in [0, 0.05) is 18.5 Å². The van der Waals surface area contributed by atoms with E-state index in [4.69, 9.17) is 15.3 Å². The Morgan fingerprint density at radius 3 is 2.65 bits per heavy atom. The van der Waals surface area contributed by atoms with Gasteiger partial charge in [-0.1, -0.05) is 6.07 Å². The van der Waals surface area contributed by atoms with Gasteiger partial charge in [0.2, 0.25) is 5.88 Å². The van der Waals surface area contributed by atoms with Gasteiger partial charge in [-0.05, 0) is 23.6 Å². The molecule has 2 heterocycles. The first-order valence-electron chi connectivity index (χ1n) is 6.20. The Bertz CT molecular complexity index is 545. The lowest BCUT2D eigenvalue weighted by Gasteiger charge is -2.16. The molecule has 0 fully saturated rings. The van der Waals surface area contributed by atoms with Crippen molar-refractivity contribution < 1.29 is 9.47 Å². The van der Waals surface area contributed by atoms with Crippen LogP contribution in [0.5, 0.6) is 11.6 Å². The highest BCUT2D eigenvalue weighted by Crippen LogP contribution is 2.21. The van der Waals surface area contributed by atoms with Gasteiger partial charge in [0.15, 0.2) is 0 Å². The minimum Gasteiger partial charge on any atom is -0.495 e. The van der Waals surface area contributed by atoms with Gasteiger partial charge in [-0.2, -0.15) is 0 Å². The first kappa shape index (κ1) is 14.2. The van der Waals surface area contributed by atoms with Gasteiger partial charge in [-0.15, -0.1) is 0 Å². The van der Waals surface area contributed by atoms with Crippen molar-refractivity contribution in [2.45, 2.75) is 12.5 Å². The summed E-state index contributed by atoms with van der Waals surface area (Å²) in [6, 6.07) is 5.64. The maximum Gasteiger partial charge on any atom is 0.212 e. The molecule has 6 heteroatoms. The first-order valence-corrected chi connectivity index (χ1v) is 6.20. The van der Waals surface area contributed by atoms with E-state index in [0.717, 1.165) is 11.1 Å². The second-order valence-electron chi connectivity index (χ2n) is 4.29. The topological polar surface area (TPSA) is 82.3 Å². The largest absolute Gasteiger partial charge is 0.495 e. The number of methoxy groups -OCH3 is 2. The van der Waals surface area contributed by atoms with E-state index in [0.29, 0.717) is 18.1 Å². The lowest BCUT2D eigenvalue weighted by molar-refractivity contribution is 0.397. The normalized spacial score (nSPS) is 11.9. The van der Waals surface area contributed by atoms with E-state index in [1.54, 1.807) is 32.8 Å².